The fraction of sp³-hybridized carbons (Fsp3) is 0.650. The molecule has 2 rings (SSSR count). The summed E-state index contributed by atoms with van der Waals surface area (Å²) in [4.78, 5) is 14.3. The first-order valence-electron chi connectivity index (χ1n) is 9.38. The molecule has 0 fully saturated rings. The number of carbonyl (C=O) groups is 1. The Balaban J connectivity index is 1.94. The van der Waals surface area contributed by atoms with E-state index >= 15 is 0 Å². The second-order valence-corrected chi connectivity index (χ2v) is 6.92. The van der Waals surface area contributed by atoms with Crippen LogP contribution in [-0.4, -0.2) is 43.7 Å². The topological polar surface area (TPSA) is 50.8 Å². The zero-order valence-corrected chi connectivity index (χ0v) is 16.0. The van der Waals surface area contributed by atoms with E-state index in [0.29, 0.717) is 18.9 Å². The van der Waals surface area contributed by atoms with E-state index in [9.17, 15) is 4.79 Å². The Bertz CT molecular complexity index is 562. The van der Waals surface area contributed by atoms with E-state index in [0.717, 1.165) is 49.5 Å². The highest BCUT2D eigenvalue weighted by Gasteiger charge is 2.22. The number of amides is 1. The minimum atomic E-state index is 0.148. The van der Waals surface area contributed by atoms with Gasteiger partial charge in [0.2, 0.25) is 5.91 Å². The Hall–Kier alpha value is -1.75. The highest BCUT2D eigenvalue weighted by atomic mass is 16.5. The Kier molecular flexibility index (Phi) is 7.56. The van der Waals surface area contributed by atoms with Crippen molar-refractivity contribution in [2.75, 3.05) is 26.7 Å². The predicted molar refractivity (Wildman–Crippen MR) is 100 cm³/mol. The number of methoxy groups -OCH3 is 1. The maximum atomic E-state index is 12.0. The van der Waals surface area contributed by atoms with Gasteiger partial charge in [0.05, 0.1) is 7.11 Å². The fourth-order valence-corrected chi connectivity index (χ4v) is 3.00. The Morgan fingerprint density at radius 1 is 1.44 bits per heavy atom. The van der Waals surface area contributed by atoms with Crippen LogP contribution in [0.1, 0.15) is 45.6 Å². The third-order valence-electron chi connectivity index (χ3n) is 4.85. The van der Waals surface area contributed by atoms with E-state index < -0.39 is 0 Å². The third-order valence-corrected chi connectivity index (χ3v) is 4.85. The van der Waals surface area contributed by atoms with Crippen molar-refractivity contribution in [3.05, 3.63) is 23.8 Å². The molecule has 2 atom stereocenters. The van der Waals surface area contributed by atoms with Gasteiger partial charge >= 0.3 is 0 Å². The molecule has 1 aliphatic heterocycles. The number of carbonyl (C=O) groups excluding carboxylic acids is 1. The number of hydrogen-bond acceptors (Lipinski definition) is 4. The van der Waals surface area contributed by atoms with Crippen LogP contribution in [0, 0.1) is 5.92 Å². The summed E-state index contributed by atoms with van der Waals surface area (Å²) in [6, 6.07) is 5.98. The van der Waals surface area contributed by atoms with Crippen LogP contribution in [0.5, 0.6) is 11.5 Å². The molecule has 1 aliphatic rings. The molecule has 0 saturated heterocycles. The number of benzene rings is 1. The number of rotatable bonds is 8. The van der Waals surface area contributed by atoms with Gasteiger partial charge in [-0.05, 0) is 30.5 Å². The Morgan fingerprint density at radius 2 is 2.24 bits per heavy atom. The van der Waals surface area contributed by atoms with Crippen LogP contribution in [0.15, 0.2) is 18.2 Å². The van der Waals surface area contributed by atoms with E-state index in [4.69, 9.17) is 9.47 Å². The van der Waals surface area contributed by atoms with E-state index in [-0.39, 0.29) is 12.0 Å². The molecule has 0 unspecified atom stereocenters. The van der Waals surface area contributed by atoms with Crippen LogP contribution >= 0.6 is 0 Å². The third kappa shape index (κ3) is 5.92. The van der Waals surface area contributed by atoms with Crippen molar-refractivity contribution in [1.82, 2.24) is 10.2 Å². The van der Waals surface area contributed by atoms with E-state index in [1.807, 2.05) is 18.2 Å². The summed E-state index contributed by atoms with van der Waals surface area (Å²) in [7, 11) is 1.68. The van der Waals surface area contributed by atoms with Gasteiger partial charge in [-0.2, -0.15) is 0 Å². The monoisotopic (exact) mass is 348 g/mol. The number of ether oxygens (including phenoxy) is 2. The summed E-state index contributed by atoms with van der Waals surface area (Å²) in [5, 5.41) is 3.05. The molecule has 1 aromatic carbocycles. The summed E-state index contributed by atoms with van der Waals surface area (Å²) in [5.41, 5.74) is 1.14. The Morgan fingerprint density at radius 3 is 2.92 bits per heavy atom. The first-order valence-corrected chi connectivity index (χ1v) is 9.38. The molecule has 1 amide bonds. The minimum absolute atomic E-state index is 0.148. The molecule has 1 heterocycles. The molecule has 0 saturated carbocycles. The van der Waals surface area contributed by atoms with Crippen molar-refractivity contribution in [3.8, 4) is 11.5 Å². The molecule has 25 heavy (non-hydrogen) atoms. The summed E-state index contributed by atoms with van der Waals surface area (Å²) in [6.07, 6.45) is 2.78. The normalized spacial score (nSPS) is 18.6. The fourth-order valence-electron chi connectivity index (χ4n) is 3.00. The minimum Gasteiger partial charge on any atom is -0.497 e. The smallest absolute Gasteiger partial charge is 0.220 e. The van der Waals surface area contributed by atoms with Gasteiger partial charge in [0.25, 0.3) is 0 Å². The summed E-state index contributed by atoms with van der Waals surface area (Å²) in [5.74, 6) is 2.37. The van der Waals surface area contributed by atoms with Crippen molar-refractivity contribution in [2.45, 2.75) is 52.7 Å². The van der Waals surface area contributed by atoms with Crippen LogP contribution < -0.4 is 14.8 Å². The van der Waals surface area contributed by atoms with Gasteiger partial charge in [0, 0.05) is 38.2 Å². The number of hydrogen-bond donors (Lipinski definition) is 1. The standard InChI is InChI=1S/C20H32N2O3/c1-5-15(3)11-20(23)21-9-10-22-13-16-12-18(24-4)7-8-19(16)25-17(6-2)14-22/h7-8,12,15,17H,5-6,9-11,13-14H2,1-4H3,(H,21,23)/t15-,17+/m0/s1. The van der Waals surface area contributed by atoms with Gasteiger partial charge in [-0.25, -0.2) is 0 Å². The molecule has 5 heteroatoms. The second kappa shape index (κ2) is 9.66. The number of nitrogens with one attached hydrogen (secondary N) is 1. The quantitative estimate of drug-likeness (QED) is 0.784. The van der Waals surface area contributed by atoms with Crippen molar-refractivity contribution in [3.63, 3.8) is 0 Å². The van der Waals surface area contributed by atoms with Gasteiger partial charge in [0.15, 0.2) is 0 Å². The van der Waals surface area contributed by atoms with Gasteiger partial charge in [-0.1, -0.05) is 27.2 Å². The molecule has 0 spiro atoms. The lowest BCUT2D eigenvalue weighted by Crippen LogP contribution is -2.38. The van der Waals surface area contributed by atoms with Crippen LogP contribution in [-0.2, 0) is 11.3 Å². The molecule has 140 valence electrons. The number of fused-ring (bicyclic) bond motifs is 1. The predicted octanol–water partition coefficient (Wildman–Crippen LogP) is 3.22. The molecule has 0 aliphatic carbocycles. The van der Waals surface area contributed by atoms with Crippen LogP contribution in [0.2, 0.25) is 0 Å². The van der Waals surface area contributed by atoms with Gasteiger partial charge in [0.1, 0.15) is 17.6 Å². The van der Waals surface area contributed by atoms with Gasteiger partial charge < -0.3 is 14.8 Å². The van der Waals surface area contributed by atoms with Crippen molar-refractivity contribution >= 4 is 5.91 Å². The highest BCUT2D eigenvalue weighted by molar-refractivity contribution is 5.76. The van der Waals surface area contributed by atoms with Gasteiger partial charge in [-0.15, -0.1) is 0 Å². The molecule has 0 aromatic heterocycles. The average molecular weight is 348 g/mol. The lowest BCUT2D eigenvalue weighted by atomic mass is 10.1. The maximum Gasteiger partial charge on any atom is 0.220 e. The van der Waals surface area contributed by atoms with E-state index in [2.05, 4.69) is 31.0 Å². The second-order valence-electron chi connectivity index (χ2n) is 6.92. The molecule has 0 radical (unpaired) electrons. The first kappa shape index (κ1) is 19.6. The van der Waals surface area contributed by atoms with Crippen molar-refractivity contribution in [2.24, 2.45) is 5.92 Å². The van der Waals surface area contributed by atoms with E-state index in [1.165, 1.54) is 0 Å². The van der Waals surface area contributed by atoms with Gasteiger partial charge in [-0.3, -0.25) is 9.69 Å². The SMILES string of the molecule is CC[C@H](C)CC(=O)NCCN1Cc2cc(OC)ccc2O[C@H](CC)C1. The molecule has 1 N–H and O–H groups in total. The molecule has 1 aromatic rings. The van der Waals surface area contributed by atoms with Crippen molar-refractivity contribution < 1.29 is 14.3 Å². The lowest BCUT2D eigenvalue weighted by Gasteiger charge is -2.23. The molecule has 0 bridgehead atoms. The first-order chi connectivity index (χ1) is 12.0. The zero-order valence-electron chi connectivity index (χ0n) is 16.0. The number of nitrogens with zero attached hydrogens (tertiary/aromatic N) is 1. The lowest BCUT2D eigenvalue weighted by molar-refractivity contribution is -0.121. The summed E-state index contributed by atoms with van der Waals surface area (Å²) in [6.45, 7) is 9.55. The zero-order chi connectivity index (χ0) is 18.2. The largest absolute Gasteiger partial charge is 0.497 e. The average Bonchev–Trinajstić information content (AvgIpc) is 2.79. The molecule has 5 nitrogen and oxygen atoms in total. The van der Waals surface area contributed by atoms with Crippen LogP contribution in [0.3, 0.4) is 0 Å². The molecular weight excluding hydrogens is 316 g/mol. The summed E-state index contributed by atoms with van der Waals surface area (Å²) < 4.78 is 11.5. The highest BCUT2D eigenvalue weighted by Crippen LogP contribution is 2.29. The van der Waals surface area contributed by atoms with Crippen LogP contribution in [0.25, 0.3) is 0 Å². The summed E-state index contributed by atoms with van der Waals surface area (Å²) >= 11 is 0. The maximum absolute atomic E-state index is 12.0. The van der Waals surface area contributed by atoms with Crippen molar-refractivity contribution in [1.29, 1.82) is 0 Å². The van der Waals surface area contributed by atoms with Crippen LogP contribution in [0.4, 0.5) is 0 Å². The van der Waals surface area contributed by atoms with E-state index in [1.54, 1.807) is 7.11 Å². The Labute approximate surface area is 151 Å². The molecular formula is C20H32N2O3.